The number of aromatic amines is 1. The third-order valence-electron chi connectivity index (χ3n) is 14.0. The zero-order valence-electron chi connectivity index (χ0n) is 44.8. The highest BCUT2D eigenvalue weighted by molar-refractivity contribution is 7.71. The minimum absolute atomic E-state index is 0.00384. The molecular weight excluding hydrogens is 994 g/mol. The van der Waals surface area contributed by atoms with Crippen LogP contribution in [0.5, 0.6) is 0 Å². The molecule has 0 fully saturated rings. The van der Waals surface area contributed by atoms with E-state index < -0.39 is 52.8 Å². The Morgan fingerprint density at radius 3 is 2.42 bits per heavy atom. The maximum absolute atomic E-state index is 15.0. The fraction of sp³-hybridized carbons (Fsp3) is 0.554. The molecule has 20 heteroatoms. The van der Waals surface area contributed by atoms with Gasteiger partial charge in [-0.2, -0.15) is 0 Å². The van der Waals surface area contributed by atoms with Gasteiger partial charge >= 0.3 is 5.97 Å². The zero-order chi connectivity index (χ0) is 54.9. The van der Waals surface area contributed by atoms with Gasteiger partial charge in [0, 0.05) is 54.4 Å². The van der Waals surface area contributed by atoms with Crippen molar-refractivity contribution in [2.24, 2.45) is 5.92 Å². The number of hydrogen-bond acceptors (Lipinski definition) is 13. The number of aryl methyl sites for hydroxylation is 2. The lowest BCUT2D eigenvalue weighted by molar-refractivity contribution is -0.172. The number of cyclic esters (lactones) is 1. The Kier molecular flexibility index (Phi) is 21.8. The fourth-order valence-corrected chi connectivity index (χ4v) is 9.60. The van der Waals surface area contributed by atoms with Crippen LogP contribution in [0.15, 0.2) is 35.4 Å². The number of nitrogens with one attached hydrogen (secondary N) is 5. The summed E-state index contributed by atoms with van der Waals surface area (Å²) in [5.74, 6) is 2.60. The Morgan fingerprint density at radius 2 is 1.72 bits per heavy atom. The zero-order valence-corrected chi connectivity index (χ0v) is 45.6. The summed E-state index contributed by atoms with van der Waals surface area (Å²) in [6.07, 6.45) is 11.4. The van der Waals surface area contributed by atoms with Crippen LogP contribution in [0.25, 0.3) is 22.3 Å². The molecule has 3 atom stereocenters. The van der Waals surface area contributed by atoms with Crippen LogP contribution in [-0.4, -0.2) is 111 Å². The number of aliphatic hydroxyl groups is 1. The minimum atomic E-state index is -1.99. The van der Waals surface area contributed by atoms with Gasteiger partial charge in [-0.1, -0.05) is 59.3 Å². The Bertz CT molecular complexity index is 2900. The molecule has 0 radical (unpaired) electrons. The van der Waals surface area contributed by atoms with Crippen molar-refractivity contribution in [2.75, 3.05) is 39.5 Å². The number of H-pyrrole nitrogens is 1. The molecule has 410 valence electrons. The second-order valence-corrected chi connectivity index (χ2v) is 20.4. The van der Waals surface area contributed by atoms with Gasteiger partial charge in [-0.05, 0) is 126 Å². The molecule has 0 saturated heterocycles. The van der Waals surface area contributed by atoms with Crippen molar-refractivity contribution < 1.29 is 42.9 Å². The molecule has 1 aromatic carbocycles. The van der Waals surface area contributed by atoms with Crippen molar-refractivity contribution in [1.82, 2.24) is 45.7 Å². The number of fused-ring (bicyclic) bond motifs is 5. The largest absolute Gasteiger partial charge is 0.458 e. The van der Waals surface area contributed by atoms with Crippen LogP contribution in [0.1, 0.15) is 145 Å². The molecule has 6 N–H and O–H groups in total. The molecule has 2 aliphatic rings. The van der Waals surface area contributed by atoms with E-state index in [4.69, 9.17) is 26.7 Å². The van der Waals surface area contributed by atoms with Gasteiger partial charge in [0.15, 0.2) is 10.4 Å². The summed E-state index contributed by atoms with van der Waals surface area (Å²) in [6.45, 7) is 13.7. The van der Waals surface area contributed by atoms with Gasteiger partial charge in [-0.25, -0.2) is 19.2 Å². The van der Waals surface area contributed by atoms with Crippen LogP contribution in [-0.2, 0) is 58.6 Å². The lowest BCUT2D eigenvalue weighted by Gasteiger charge is -2.31. The van der Waals surface area contributed by atoms with Crippen LogP contribution < -0.4 is 26.8 Å². The highest BCUT2D eigenvalue weighted by Crippen LogP contribution is 2.41. The number of carbonyl (C=O) groups is 5. The molecule has 4 aromatic rings. The van der Waals surface area contributed by atoms with Crippen molar-refractivity contribution in [3.05, 3.63) is 84.9 Å². The van der Waals surface area contributed by atoms with Crippen molar-refractivity contribution in [3.63, 3.8) is 0 Å². The number of carbonyl (C=O) groups excluding carboxylic acids is 5. The number of halogens is 1. The molecule has 0 saturated carbocycles. The number of rotatable bonds is 28. The molecule has 76 heavy (non-hydrogen) atoms. The molecule has 0 unspecified atom stereocenters. The van der Waals surface area contributed by atoms with Gasteiger partial charge in [0.05, 0.1) is 41.1 Å². The number of esters is 1. The minimum Gasteiger partial charge on any atom is -0.458 e. The third-order valence-corrected chi connectivity index (χ3v) is 14.2. The van der Waals surface area contributed by atoms with Crippen molar-refractivity contribution in [2.45, 2.75) is 156 Å². The lowest BCUT2D eigenvalue weighted by atomic mass is 9.86. The van der Waals surface area contributed by atoms with E-state index in [1.165, 1.54) is 6.07 Å². The standard InChI is InChI=1S/C56H74FN9O9S/c1-7-10-22-65(23-11-8-2)24-16-15-20-44(63-52(70)49(35(4)5)64-47(67)21-14-12-13-18-37-29-59-55(76)60-30-37)51(69)58-31-48(68)61-34-74-25-17-19-38-39-26-36(6)43(57)28-45(39)62-50-40(38)32-66-46(50)27-42-41(53(66)71)33-75-54(72)56(42,73)9-3/h26-30,35,44,49,73H,7-12,14-17,19-25,31-34H2,1-6H3,(H,58,69)(H,61,68)(H,63,70)(H,64,67)(H,59,60,76)/t44-,49-,56-/m0/s1. The van der Waals surface area contributed by atoms with E-state index in [1.807, 2.05) is 13.8 Å². The molecule has 4 amide bonds. The average Bonchev–Trinajstić information content (AvgIpc) is 3.79. The van der Waals surface area contributed by atoms with Crippen LogP contribution in [0.3, 0.4) is 0 Å². The summed E-state index contributed by atoms with van der Waals surface area (Å²) >= 11 is 4.96. The first-order valence-electron chi connectivity index (χ1n) is 26.8. The predicted octanol–water partition coefficient (Wildman–Crippen LogP) is 6.04. The van der Waals surface area contributed by atoms with Crippen LogP contribution >= 0.6 is 12.2 Å². The van der Waals surface area contributed by atoms with E-state index in [0.717, 1.165) is 68.3 Å². The van der Waals surface area contributed by atoms with Gasteiger partial charge in [0.2, 0.25) is 23.6 Å². The number of benzene rings is 1. The van der Waals surface area contributed by atoms with Crippen LogP contribution in [0, 0.1) is 35.3 Å². The third kappa shape index (κ3) is 15.2. The van der Waals surface area contributed by atoms with Crippen LogP contribution in [0.4, 0.5) is 4.39 Å². The van der Waals surface area contributed by atoms with E-state index in [9.17, 15) is 38.3 Å². The molecule has 6 rings (SSSR count). The summed E-state index contributed by atoms with van der Waals surface area (Å²) < 4.78 is 27.9. The number of nitrogens with zero attached hydrogens (tertiary/aromatic N) is 4. The first-order valence-corrected chi connectivity index (χ1v) is 27.2. The second kappa shape index (κ2) is 28.1. The monoisotopic (exact) mass is 1070 g/mol. The number of ether oxygens (including phenoxy) is 2. The molecule has 0 aliphatic carbocycles. The van der Waals surface area contributed by atoms with E-state index in [2.05, 4.69) is 61.8 Å². The molecule has 3 aromatic heterocycles. The molecule has 0 spiro atoms. The number of hydrogen-bond donors (Lipinski definition) is 6. The average molecular weight is 1070 g/mol. The predicted molar refractivity (Wildman–Crippen MR) is 288 cm³/mol. The van der Waals surface area contributed by atoms with Gasteiger partial charge < -0.3 is 50.3 Å². The van der Waals surface area contributed by atoms with Crippen molar-refractivity contribution in [1.29, 1.82) is 0 Å². The summed E-state index contributed by atoms with van der Waals surface area (Å²) in [4.78, 5) is 94.4. The number of pyridine rings is 2. The summed E-state index contributed by atoms with van der Waals surface area (Å²) in [6, 6.07) is 2.84. The van der Waals surface area contributed by atoms with Crippen molar-refractivity contribution >= 4 is 52.7 Å². The Morgan fingerprint density at radius 1 is 0.974 bits per heavy atom. The smallest absolute Gasteiger partial charge is 0.343 e. The highest BCUT2D eigenvalue weighted by Gasteiger charge is 2.45. The quantitative estimate of drug-likeness (QED) is 0.0110. The number of aromatic nitrogens is 4. The van der Waals surface area contributed by atoms with Gasteiger partial charge in [0.1, 0.15) is 31.2 Å². The topological polar surface area (TPSA) is 239 Å². The molecule has 2 aliphatic heterocycles. The van der Waals surface area contributed by atoms with Crippen LogP contribution in [0.2, 0.25) is 0 Å². The van der Waals surface area contributed by atoms with E-state index in [-0.39, 0.29) is 68.8 Å². The maximum Gasteiger partial charge on any atom is 0.343 e. The van der Waals surface area contributed by atoms with E-state index in [1.54, 1.807) is 42.9 Å². The normalized spacial score (nSPS) is 15.3. The summed E-state index contributed by atoms with van der Waals surface area (Å²) in [5.41, 5.74) is 1.96. The Hall–Kier alpha value is -6.40. The molecule has 18 nitrogen and oxygen atoms in total. The molecule has 0 bridgehead atoms. The van der Waals surface area contributed by atoms with Gasteiger partial charge in [0.25, 0.3) is 5.56 Å². The van der Waals surface area contributed by atoms with E-state index >= 15 is 0 Å². The summed E-state index contributed by atoms with van der Waals surface area (Å²) in [5, 5.41) is 23.1. The van der Waals surface area contributed by atoms with Gasteiger partial charge in [-0.15, -0.1) is 0 Å². The Labute approximate surface area is 449 Å². The van der Waals surface area contributed by atoms with Gasteiger partial charge in [-0.3, -0.25) is 24.0 Å². The van der Waals surface area contributed by atoms with Crippen molar-refractivity contribution in [3.8, 4) is 23.2 Å². The molecule has 5 heterocycles. The highest BCUT2D eigenvalue weighted by atomic mass is 32.1. The first kappa shape index (κ1) is 58.9. The Balaban J connectivity index is 1.03. The lowest BCUT2D eigenvalue weighted by Crippen LogP contribution is -2.56. The second-order valence-electron chi connectivity index (χ2n) is 20.0. The summed E-state index contributed by atoms with van der Waals surface area (Å²) in [7, 11) is 0. The number of amides is 4. The molecular formula is C56H74FN9O9S. The van der Waals surface area contributed by atoms with E-state index in [0.29, 0.717) is 71.3 Å². The maximum atomic E-state index is 15.0. The number of unbranched alkanes of at least 4 members (excludes halogenated alkanes) is 4. The first-order chi connectivity index (χ1) is 36.5. The fourth-order valence-electron chi connectivity index (χ4n) is 9.49. The SMILES string of the molecule is CCCCN(CCCC)CCCC[C@H](NC(=O)[C@@H](NC(=O)CCCC#Cc1cnc(=S)[nH]c1)C(C)C)C(=O)NCC(=O)NCOCCCc1c2c(nc3cc(F)c(C)cc13)-c1cc3c(c(=O)n1C2)COC(=O)[C@]3(O)CC.